The number of carbonyl (C=O) groups is 1. The third-order valence-electron chi connectivity index (χ3n) is 3.76. The Kier molecular flexibility index (Phi) is 5.36. The lowest BCUT2D eigenvalue weighted by molar-refractivity contribution is 0.101. The monoisotopic (exact) mass is 332 g/mol. The first kappa shape index (κ1) is 16.6. The zero-order chi connectivity index (χ0) is 17.5. The summed E-state index contributed by atoms with van der Waals surface area (Å²) in [7, 11) is 0. The Hall–Kier alpha value is -3.21. The number of nitrogens with zero attached hydrogens (tertiary/aromatic N) is 2. The van der Waals surface area contributed by atoms with Gasteiger partial charge in [0.1, 0.15) is 5.82 Å². The number of benzene rings is 2. The van der Waals surface area contributed by atoms with Gasteiger partial charge in [0, 0.05) is 24.0 Å². The molecule has 0 saturated heterocycles. The van der Waals surface area contributed by atoms with E-state index in [9.17, 15) is 4.79 Å². The molecule has 3 aromatic rings. The van der Waals surface area contributed by atoms with Crippen molar-refractivity contribution < 1.29 is 4.79 Å². The molecule has 0 bridgehead atoms. The van der Waals surface area contributed by atoms with Crippen LogP contribution in [-0.4, -0.2) is 22.3 Å². The fourth-order valence-electron chi connectivity index (χ4n) is 2.41. The second-order valence-electron chi connectivity index (χ2n) is 5.69. The molecule has 1 heterocycles. The summed E-state index contributed by atoms with van der Waals surface area (Å²) in [5, 5.41) is 6.45. The summed E-state index contributed by atoms with van der Waals surface area (Å²) in [5.41, 5.74) is 2.84. The maximum absolute atomic E-state index is 11.3. The molecule has 0 aliphatic carbocycles. The Morgan fingerprint density at radius 3 is 2.48 bits per heavy atom. The van der Waals surface area contributed by atoms with Gasteiger partial charge in [-0.05, 0) is 49.2 Å². The summed E-state index contributed by atoms with van der Waals surface area (Å²) >= 11 is 0. The average Bonchev–Trinajstić information content (AvgIpc) is 2.63. The van der Waals surface area contributed by atoms with Crippen LogP contribution in [0.1, 0.15) is 22.8 Å². The van der Waals surface area contributed by atoms with Crippen molar-refractivity contribution >= 4 is 23.2 Å². The van der Waals surface area contributed by atoms with Crippen LogP contribution in [0.15, 0.2) is 66.9 Å². The van der Waals surface area contributed by atoms with E-state index < -0.39 is 0 Å². The minimum Gasteiger partial charge on any atom is -0.354 e. The second-order valence-corrected chi connectivity index (χ2v) is 5.69. The van der Waals surface area contributed by atoms with Crippen molar-refractivity contribution in [3.05, 3.63) is 78.0 Å². The highest BCUT2D eigenvalue weighted by Gasteiger charge is 2.02. The zero-order valence-electron chi connectivity index (χ0n) is 14.1. The van der Waals surface area contributed by atoms with Crippen molar-refractivity contribution in [2.24, 2.45) is 0 Å². The van der Waals surface area contributed by atoms with E-state index in [2.05, 4.69) is 32.7 Å². The Bertz CT molecular complexity index is 832. The van der Waals surface area contributed by atoms with E-state index >= 15 is 0 Å². The van der Waals surface area contributed by atoms with E-state index in [-0.39, 0.29) is 5.78 Å². The number of aromatic nitrogens is 2. The molecular weight excluding hydrogens is 312 g/mol. The fourth-order valence-corrected chi connectivity index (χ4v) is 2.41. The van der Waals surface area contributed by atoms with E-state index in [0.29, 0.717) is 17.3 Å². The molecule has 5 heteroatoms. The molecule has 0 atom stereocenters. The van der Waals surface area contributed by atoms with Gasteiger partial charge >= 0.3 is 0 Å². The van der Waals surface area contributed by atoms with E-state index in [0.717, 1.165) is 18.7 Å². The largest absolute Gasteiger partial charge is 0.354 e. The topological polar surface area (TPSA) is 66.9 Å². The van der Waals surface area contributed by atoms with Crippen LogP contribution in [0.3, 0.4) is 0 Å². The maximum atomic E-state index is 11.3. The van der Waals surface area contributed by atoms with Crippen LogP contribution in [0.25, 0.3) is 0 Å². The van der Waals surface area contributed by atoms with E-state index in [1.807, 2.05) is 30.3 Å². The summed E-state index contributed by atoms with van der Waals surface area (Å²) in [5.74, 6) is 1.34. The first-order valence-electron chi connectivity index (χ1n) is 8.19. The molecule has 0 unspecified atom stereocenters. The first-order valence-corrected chi connectivity index (χ1v) is 8.19. The molecule has 3 rings (SSSR count). The van der Waals surface area contributed by atoms with Crippen LogP contribution >= 0.6 is 0 Å². The zero-order valence-corrected chi connectivity index (χ0v) is 14.1. The van der Waals surface area contributed by atoms with Gasteiger partial charge in [0.15, 0.2) is 5.78 Å². The molecule has 0 fully saturated rings. The van der Waals surface area contributed by atoms with Crippen molar-refractivity contribution in [3.63, 3.8) is 0 Å². The third kappa shape index (κ3) is 4.88. The minimum absolute atomic E-state index is 0.0542. The number of rotatable bonds is 7. The van der Waals surface area contributed by atoms with E-state index in [1.165, 1.54) is 5.56 Å². The molecule has 0 amide bonds. The van der Waals surface area contributed by atoms with Gasteiger partial charge in [-0.25, -0.2) is 4.98 Å². The number of ketones is 1. The predicted molar refractivity (Wildman–Crippen MR) is 100 cm³/mol. The third-order valence-corrected chi connectivity index (χ3v) is 3.76. The van der Waals surface area contributed by atoms with Gasteiger partial charge in [-0.1, -0.05) is 30.3 Å². The number of Topliss-reactive ketones (excluding diaryl/α,β-unsaturated/α-hetero) is 1. The summed E-state index contributed by atoms with van der Waals surface area (Å²) < 4.78 is 0. The summed E-state index contributed by atoms with van der Waals surface area (Å²) in [6.07, 6.45) is 2.62. The minimum atomic E-state index is 0.0542. The standard InChI is InChI=1S/C20H20N4O/c1-15(25)17-7-9-18(10-8-17)23-19-12-14-22-20(24-19)21-13-11-16-5-3-2-4-6-16/h2-10,12,14H,11,13H2,1H3,(H2,21,22,23,24). The predicted octanol–water partition coefficient (Wildman–Crippen LogP) is 4.08. The quantitative estimate of drug-likeness (QED) is 0.638. The number of anilines is 3. The Morgan fingerprint density at radius 1 is 1.00 bits per heavy atom. The smallest absolute Gasteiger partial charge is 0.224 e. The van der Waals surface area contributed by atoms with Crippen LogP contribution in [0.2, 0.25) is 0 Å². The average molecular weight is 332 g/mol. The lowest BCUT2D eigenvalue weighted by Crippen LogP contribution is -2.08. The highest BCUT2D eigenvalue weighted by atomic mass is 16.1. The number of hydrogen-bond donors (Lipinski definition) is 2. The lowest BCUT2D eigenvalue weighted by Gasteiger charge is -2.09. The van der Waals surface area contributed by atoms with Crippen LogP contribution < -0.4 is 10.6 Å². The number of hydrogen-bond acceptors (Lipinski definition) is 5. The normalized spacial score (nSPS) is 10.3. The molecule has 0 spiro atoms. The molecule has 0 radical (unpaired) electrons. The molecule has 25 heavy (non-hydrogen) atoms. The molecule has 1 aromatic heterocycles. The molecule has 0 saturated carbocycles. The molecular formula is C20H20N4O. The van der Waals surface area contributed by atoms with Crippen molar-refractivity contribution in [1.82, 2.24) is 9.97 Å². The first-order chi connectivity index (χ1) is 12.2. The molecule has 0 aliphatic rings. The summed E-state index contributed by atoms with van der Waals surface area (Å²) in [6, 6.07) is 19.4. The SMILES string of the molecule is CC(=O)c1ccc(Nc2ccnc(NCCc3ccccc3)n2)cc1. The molecule has 0 aliphatic heterocycles. The van der Waals surface area contributed by atoms with Crippen LogP contribution in [0.4, 0.5) is 17.5 Å². The number of carbonyl (C=O) groups excluding carboxylic acids is 1. The maximum Gasteiger partial charge on any atom is 0.224 e. The van der Waals surface area contributed by atoms with Crippen molar-refractivity contribution in [2.75, 3.05) is 17.2 Å². The second kappa shape index (κ2) is 8.06. The Labute approximate surface area is 147 Å². The summed E-state index contributed by atoms with van der Waals surface area (Å²) in [6.45, 7) is 2.32. The van der Waals surface area contributed by atoms with Gasteiger partial charge in [-0.2, -0.15) is 4.98 Å². The van der Waals surface area contributed by atoms with Gasteiger partial charge in [0.05, 0.1) is 0 Å². The van der Waals surface area contributed by atoms with Crippen molar-refractivity contribution in [2.45, 2.75) is 13.3 Å². The number of nitrogens with one attached hydrogen (secondary N) is 2. The Balaban J connectivity index is 1.58. The van der Waals surface area contributed by atoms with Crippen molar-refractivity contribution in [1.29, 1.82) is 0 Å². The van der Waals surface area contributed by atoms with Gasteiger partial charge in [0.2, 0.25) is 5.95 Å². The fraction of sp³-hybridized carbons (Fsp3) is 0.150. The van der Waals surface area contributed by atoms with Crippen LogP contribution in [-0.2, 0) is 6.42 Å². The molecule has 2 aromatic carbocycles. The van der Waals surface area contributed by atoms with Gasteiger partial charge < -0.3 is 10.6 Å². The van der Waals surface area contributed by atoms with Gasteiger partial charge in [-0.15, -0.1) is 0 Å². The molecule has 2 N–H and O–H groups in total. The van der Waals surface area contributed by atoms with Crippen LogP contribution in [0.5, 0.6) is 0 Å². The lowest BCUT2D eigenvalue weighted by atomic mass is 10.1. The van der Waals surface area contributed by atoms with E-state index in [1.54, 1.807) is 31.3 Å². The highest BCUT2D eigenvalue weighted by molar-refractivity contribution is 5.94. The summed E-state index contributed by atoms with van der Waals surface area (Å²) in [4.78, 5) is 20.0. The van der Waals surface area contributed by atoms with Gasteiger partial charge in [0.25, 0.3) is 0 Å². The van der Waals surface area contributed by atoms with Crippen molar-refractivity contribution in [3.8, 4) is 0 Å². The highest BCUT2D eigenvalue weighted by Crippen LogP contribution is 2.16. The van der Waals surface area contributed by atoms with Crippen LogP contribution in [0, 0.1) is 0 Å². The van der Waals surface area contributed by atoms with Gasteiger partial charge in [-0.3, -0.25) is 4.79 Å². The Morgan fingerprint density at radius 2 is 1.76 bits per heavy atom. The molecule has 5 nitrogen and oxygen atoms in total. The molecule has 126 valence electrons. The van der Waals surface area contributed by atoms with E-state index in [4.69, 9.17) is 0 Å².